The van der Waals surface area contributed by atoms with Crippen molar-refractivity contribution in [2.45, 2.75) is 12.8 Å². The minimum absolute atomic E-state index is 0.487. The van der Waals surface area contributed by atoms with Crippen molar-refractivity contribution in [2.24, 2.45) is 5.92 Å². The highest BCUT2D eigenvalue weighted by molar-refractivity contribution is 7.11. The molecule has 0 amide bonds. The molecule has 4 aromatic rings. The van der Waals surface area contributed by atoms with Gasteiger partial charge in [0.15, 0.2) is 5.58 Å². The number of likely N-dealkylation sites (N-methyl/N-ethyl adjacent to an activating group) is 1. The molecule has 5 rings (SSSR count). The Bertz CT molecular complexity index is 1260. The first-order valence-electron chi connectivity index (χ1n) is 10.5. The lowest BCUT2D eigenvalue weighted by Crippen LogP contribution is -2.21. The van der Waals surface area contributed by atoms with Crippen LogP contribution in [-0.4, -0.2) is 50.7 Å². The van der Waals surface area contributed by atoms with Gasteiger partial charge < -0.3 is 18.8 Å². The van der Waals surface area contributed by atoms with Crippen molar-refractivity contribution < 1.29 is 13.9 Å². The quantitative estimate of drug-likeness (QED) is 0.315. The summed E-state index contributed by atoms with van der Waals surface area (Å²) in [5.74, 6) is 7.06. The third-order valence-corrected chi connectivity index (χ3v) is 6.39. The molecule has 1 aromatic carbocycles. The fourth-order valence-electron chi connectivity index (χ4n) is 3.53. The number of furan rings is 1. The Morgan fingerprint density at radius 1 is 1.32 bits per heavy atom. The average Bonchev–Trinajstić information content (AvgIpc) is 3.18. The van der Waals surface area contributed by atoms with E-state index in [1.807, 2.05) is 7.05 Å². The fraction of sp³-hybridized carbons (Fsp3) is 0.375. The lowest BCUT2D eigenvalue weighted by molar-refractivity contribution is 0.156. The van der Waals surface area contributed by atoms with E-state index in [2.05, 4.69) is 56.6 Å². The minimum atomic E-state index is 0.487. The number of rotatable bonds is 8. The summed E-state index contributed by atoms with van der Waals surface area (Å²) in [4.78, 5) is 3.15. The van der Waals surface area contributed by atoms with Crippen LogP contribution in [-0.2, 0) is 9.47 Å². The van der Waals surface area contributed by atoms with Crippen molar-refractivity contribution in [1.29, 1.82) is 0 Å². The van der Waals surface area contributed by atoms with Gasteiger partial charge >= 0.3 is 0 Å². The molecule has 0 bridgehead atoms. The highest BCUT2D eigenvalue weighted by Crippen LogP contribution is 2.36. The van der Waals surface area contributed by atoms with Crippen LogP contribution in [0.15, 0.2) is 34.1 Å². The van der Waals surface area contributed by atoms with Gasteiger partial charge in [-0.25, -0.2) is 0 Å². The molecule has 0 aliphatic heterocycles. The number of nitrogens with zero attached hydrogens (tertiary/aromatic N) is 2. The lowest BCUT2D eigenvalue weighted by atomic mass is 10.2. The van der Waals surface area contributed by atoms with E-state index < -0.39 is 0 Å². The molecule has 160 valence electrons. The number of fused-ring (bicyclic) bond motifs is 3. The summed E-state index contributed by atoms with van der Waals surface area (Å²) >= 11 is 1.61. The van der Waals surface area contributed by atoms with Crippen LogP contribution in [0.3, 0.4) is 0 Å². The standard InChI is InChI=1S/C24H25N3O3S/c1-27(9-11-28-2)18-7-8-20-21(13-18)30-24-22(25-26-23(20)24)17-12-19(31-15-17)4-3-10-29-14-16-5-6-16/h7-8,12-13,15-16H,5-6,9-11,14H2,1-2H3,(H,25,26). The van der Waals surface area contributed by atoms with Crippen LogP contribution >= 0.6 is 11.3 Å². The number of anilines is 1. The Balaban J connectivity index is 1.36. The van der Waals surface area contributed by atoms with Crippen molar-refractivity contribution in [3.8, 4) is 23.1 Å². The topological polar surface area (TPSA) is 63.5 Å². The Morgan fingerprint density at radius 2 is 2.23 bits per heavy atom. The van der Waals surface area contributed by atoms with Gasteiger partial charge in [0.05, 0.1) is 18.1 Å². The molecule has 1 saturated carbocycles. The first kappa shape index (κ1) is 20.1. The van der Waals surface area contributed by atoms with E-state index >= 15 is 0 Å². The van der Waals surface area contributed by atoms with Crippen LogP contribution in [0, 0.1) is 17.8 Å². The highest BCUT2D eigenvalue weighted by atomic mass is 32.1. The van der Waals surface area contributed by atoms with Gasteiger partial charge in [-0.2, -0.15) is 5.10 Å². The summed E-state index contributed by atoms with van der Waals surface area (Å²) in [6.45, 7) is 2.82. The molecule has 1 fully saturated rings. The second kappa shape index (κ2) is 8.75. The normalized spacial score (nSPS) is 13.6. The fourth-order valence-corrected chi connectivity index (χ4v) is 4.29. The number of thiophene rings is 1. The van der Waals surface area contributed by atoms with Gasteiger partial charge in [-0.1, -0.05) is 11.8 Å². The van der Waals surface area contributed by atoms with Gasteiger partial charge in [0, 0.05) is 48.8 Å². The molecule has 0 saturated heterocycles. The van der Waals surface area contributed by atoms with Gasteiger partial charge in [-0.15, -0.1) is 11.3 Å². The molecule has 1 aliphatic rings. The van der Waals surface area contributed by atoms with E-state index in [1.165, 1.54) is 12.8 Å². The van der Waals surface area contributed by atoms with Crippen LogP contribution in [0.25, 0.3) is 33.3 Å². The summed E-state index contributed by atoms with van der Waals surface area (Å²) < 4.78 is 17.0. The van der Waals surface area contributed by atoms with Crippen molar-refractivity contribution in [1.82, 2.24) is 10.2 Å². The van der Waals surface area contributed by atoms with E-state index in [0.717, 1.165) is 63.0 Å². The van der Waals surface area contributed by atoms with Gasteiger partial charge in [0.2, 0.25) is 0 Å². The Kier molecular flexibility index (Phi) is 5.68. The van der Waals surface area contributed by atoms with E-state index in [-0.39, 0.29) is 0 Å². The van der Waals surface area contributed by atoms with Gasteiger partial charge in [-0.3, -0.25) is 5.10 Å². The van der Waals surface area contributed by atoms with Crippen LogP contribution in [0.4, 0.5) is 5.69 Å². The number of hydrogen-bond acceptors (Lipinski definition) is 6. The summed E-state index contributed by atoms with van der Waals surface area (Å²) in [5, 5.41) is 10.8. The van der Waals surface area contributed by atoms with Crippen LogP contribution in [0.2, 0.25) is 0 Å². The molecule has 1 N–H and O–H groups in total. The van der Waals surface area contributed by atoms with E-state index in [0.29, 0.717) is 13.2 Å². The molecule has 3 aromatic heterocycles. The predicted molar refractivity (Wildman–Crippen MR) is 125 cm³/mol. The third-order valence-electron chi connectivity index (χ3n) is 5.55. The zero-order chi connectivity index (χ0) is 21.2. The Labute approximate surface area is 185 Å². The smallest absolute Gasteiger partial charge is 0.181 e. The van der Waals surface area contributed by atoms with Crippen molar-refractivity contribution in [2.75, 3.05) is 45.4 Å². The summed E-state index contributed by atoms with van der Waals surface area (Å²) in [5.41, 5.74) is 5.45. The molecule has 31 heavy (non-hydrogen) atoms. The molecule has 1 aliphatic carbocycles. The number of aromatic nitrogens is 2. The lowest BCUT2D eigenvalue weighted by Gasteiger charge is -2.18. The van der Waals surface area contributed by atoms with Gasteiger partial charge in [-0.05, 0) is 37.0 Å². The highest BCUT2D eigenvalue weighted by Gasteiger charge is 2.21. The molecule has 0 atom stereocenters. The van der Waals surface area contributed by atoms with E-state index in [9.17, 15) is 0 Å². The molecule has 0 spiro atoms. The molecular weight excluding hydrogens is 410 g/mol. The van der Waals surface area contributed by atoms with Crippen molar-refractivity contribution in [3.05, 3.63) is 34.5 Å². The predicted octanol–water partition coefficient (Wildman–Crippen LogP) is 4.90. The Morgan fingerprint density at radius 3 is 3.06 bits per heavy atom. The third kappa shape index (κ3) is 4.33. The number of nitrogens with one attached hydrogen (secondary N) is 1. The van der Waals surface area contributed by atoms with Gasteiger partial charge in [0.1, 0.15) is 23.4 Å². The number of benzene rings is 1. The number of H-pyrrole nitrogens is 1. The minimum Gasteiger partial charge on any atom is -0.452 e. The van der Waals surface area contributed by atoms with Crippen LogP contribution < -0.4 is 4.90 Å². The maximum atomic E-state index is 6.22. The monoisotopic (exact) mass is 435 g/mol. The molecule has 0 unspecified atom stereocenters. The second-order valence-corrected chi connectivity index (χ2v) is 8.84. The SMILES string of the molecule is COCCN(C)c1ccc2c(c1)oc1c(-c3csc(C#CCOCC4CC4)c3)n[nH]c12. The largest absolute Gasteiger partial charge is 0.452 e. The van der Waals surface area contributed by atoms with Crippen LogP contribution in [0.5, 0.6) is 0 Å². The molecule has 3 heterocycles. The number of hydrogen-bond donors (Lipinski definition) is 1. The summed E-state index contributed by atoms with van der Waals surface area (Å²) in [6.07, 6.45) is 2.60. The first-order chi connectivity index (χ1) is 15.2. The zero-order valence-electron chi connectivity index (χ0n) is 17.7. The molecular formula is C24H25N3O3S. The maximum absolute atomic E-state index is 6.22. The molecule has 6 nitrogen and oxygen atoms in total. The van der Waals surface area contributed by atoms with Crippen molar-refractivity contribution in [3.63, 3.8) is 0 Å². The molecule has 0 radical (unpaired) electrons. The average molecular weight is 436 g/mol. The number of ether oxygens (including phenoxy) is 2. The van der Waals surface area contributed by atoms with Crippen LogP contribution in [0.1, 0.15) is 17.7 Å². The molecule has 7 heteroatoms. The maximum Gasteiger partial charge on any atom is 0.181 e. The van der Waals surface area contributed by atoms with E-state index in [4.69, 9.17) is 13.9 Å². The first-order valence-corrected chi connectivity index (χ1v) is 11.4. The number of aromatic amines is 1. The zero-order valence-corrected chi connectivity index (χ0v) is 18.6. The van der Waals surface area contributed by atoms with Gasteiger partial charge in [0.25, 0.3) is 0 Å². The number of methoxy groups -OCH3 is 1. The Hall–Kier alpha value is -2.79. The summed E-state index contributed by atoms with van der Waals surface area (Å²) in [6, 6.07) is 8.30. The van der Waals surface area contributed by atoms with Crippen molar-refractivity contribution >= 4 is 39.1 Å². The second-order valence-electron chi connectivity index (χ2n) is 7.93. The summed E-state index contributed by atoms with van der Waals surface area (Å²) in [7, 11) is 3.76. The van der Waals surface area contributed by atoms with E-state index in [1.54, 1.807) is 18.4 Å².